The van der Waals surface area contributed by atoms with Gasteiger partial charge in [0, 0.05) is 32.2 Å². The molecule has 0 aliphatic carbocycles. The molecular weight excluding hydrogens is 761 g/mol. The number of hydrogen-bond acceptors (Lipinski definition) is 11. The monoisotopic (exact) mass is 840 g/mol. The second-order valence-electron chi connectivity index (χ2n) is 15.1. The third kappa shape index (κ3) is 27.2. The van der Waals surface area contributed by atoms with Gasteiger partial charge in [0.2, 0.25) is 0 Å². The maximum Gasteiger partial charge on any atom is 0.472 e. The summed E-state index contributed by atoms with van der Waals surface area (Å²) in [6.45, 7) is 7.57. The molecule has 1 aromatic rings. The van der Waals surface area contributed by atoms with Crippen molar-refractivity contribution in [3.63, 3.8) is 0 Å². The highest BCUT2D eigenvalue weighted by Gasteiger charge is 2.26. The average molecular weight is 840 g/mol. The van der Waals surface area contributed by atoms with Crippen LogP contribution in [0.3, 0.4) is 0 Å². The predicted octanol–water partition coefficient (Wildman–Crippen LogP) is 9.76. The smallest absolute Gasteiger partial charge is 0.466 e. The van der Waals surface area contributed by atoms with Gasteiger partial charge >= 0.3 is 19.8 Å². The number of nitrogens with two attached hydrogens (primary N) is 1. The van der Waals surface area contributed by atoms with Crippen molar-refractivity contribution in [1.29, 1.82) is 0 Å². The van der Waals surface area contributed by atoms with Gasteiger partial charge in [-0.3, -0.25) is 18.6 Å². The Hall–Kier alpha value is -2.57. The molecule has 1 heterocycles. The lowest BCUT2D eigenvalue weighted by Gasteiger charge is -2.20. The van der Waals surface area contributed by atoms with Crippen LogP contribution in [0.15, 0.2) is 40.9 Å². The fourth-order valence-electron chi connectivity index (χ4n) is 6.21. The van der Waals surface area contributed by atoms with Crippen LogP contribution in [0.25, 0.3) is 0 Å². The maximum absolute atomic E-state index is 12.7. The van der Waals surface area contributed by atoms with Gasteiger partial charge in [0.15, 0.2) is 6.10 Å². The SMILES string of the molecule is CCCCC/C=C\C/C=C\C/C=C\CC(O)C(O)CCCC(=O)OC[C@H](COP(=O)(O)OCCN)OC(=O)CCCCCCCCc1oc(CCCCC)c(C)c1C. The lowest BCUT2D eigenvalue weighted by Crippen LogP contribution is -2.30. The van der Waals surface area contributed by atoms with Crippen LogP contribution >= 0.6 is 7.82 Å². The van der Waals surface area contributed by atoms with Crippen molar-refractivity contribution < 1.29 is 52.2 Å². The largest absolute Gasteiger partial charge is 0.472 e. The molecule has 0 radical (unpaired) electrons. The van der Waals surface area contributed by atoms with Gasteiger partial charge in [0.05, 0.1) is 25.4 Å². The number of allylic oxidation sites excluding steroid dienone is 5. The van der Waals surface area contributed by atoms with E-state index in [1.807, 2.05) is 12.2 Å². The third-order valence-corrected chi connectivity index (χ3v) is 10.9. The topological polar surface area (TPSA) is 188 Å². The van der Waals surface area contributed by atoms with Crippen molar-refractivity contribution in [2.75, 3.05) is 26.4 Å². The van der Waals surface area contributed by atoms with Gasteiger partial charge in [-0.2, -0.15) is 0 Å². The molecule has 58 heavy (non-hydrogen) atoms. The van der Waals surface area contributed by atoms with Crippen molar-refractivity contribution in [1.82, 2.24) is 0 Å². The van der Waals surface area contributed by atoms with Gasteiger partial charge in [-0.1, -0.05) is 102 Å². The van der Waals surface area contributed by atoms with Crippen molar-refractivity contribution in [2.24, 2.45) is 5.73 Å². The number of phosphoric acid groups is 1. The van der Waals surface area contributed by atoms with Crippen LogP contribution in [0, 0.1) is 13.8 Å². The Morgan fingerprint density at radius 3 is 1.93 bits per heavy atom. The summed E-state index contributed by atoms with van der Waals surface area (Å²) in [7, 11) is -4.46. The number of aryl methyl sites for hydroxylation is 2. The molecule has 0 saturated heterocycles. The Balaban J connectivity index is 2.39. The summed E-state index contributed by atoms with van der Waals surface area (Å²) in [6.07, 6.45) is 27.6. The number of rotatable bonds is 37. The van der Waals surface area contributed by atoms with Crippen molar-refractivity contribution in [3.05, 3.63) is 59.1 Å². The summed E-state index contributed by atoms with van der Waals surface area (Å²) < 4.78 is 38.9. The minimum absolute atomic E-state index is 0.00488. The van der Waals surface area contributed by atoms with E-state index in [1.54, 1.807) is 0 Å². The van der Waals surface area contributed by atoms with Crippen LogP contribution in [0.1, 0.15) is 165 Å². The zero-order chi connectivity index (χ0) is 42.9. The summed E-state index contributed by atoms with van der Waals surface area (Å²) in [5, 5.41) is 20.7. The zero-order valence-corrected chi connectivity index (χ0v) is 37.1. The molecular formula is C45H78NO11P. The van der Waals surface area contributed by atoms with Crippen LogP contribution in [0.2, 0.25) is 0 Å². The fourth-order valence-corrected chi connectivity index (χ4v) is 6.97. The number of phosphoric ester groups is 1. The van der Waals surface area contributed by atoms with E-state index < -0.39 is 51.3 Å². The summed E-state index contributed by atoms with van der Waals surface area (Å²) in [4.78, 5) is 35.1. The number of esters is 2. The van der Waals surface area contributed by atoms with Crippen LogP contribution in [0.4, 0.5) is 0 Å². The molecule has 0 aromatic carbocycles. The fraction of sp³-hybridized carbons (Fsp3) is 0.733. The molecule has 0 saturated carbocycles. The summed E-state index contributed by atoms with van der Waals surface area (Å²) in [6, 6.07) is 0. The number of unbranched alkanes of at least 4 members (excludes halogenated alkanes) is 10. The Morgan fingerprint density at radius 2 is 1.28 bits per heavy atom. The summed E-state index contributed by atoms with van der Waals surface area (Å²) in [5.41, 5.74) is 7.90. The molecule has 5 N–H and O–H groups in total. The molecule has 13 heteroatoms. The van der Waals surface area contributed by atoms with E-state index in [-0.39, 0.29) is 38.8 Å². The first-order valence-corrected chi connectivity index (χ1v) is 23.5. The highest BCUT2D eigenvalue weighted by atomic mass is 31.2. The molecule has 12 nitrogen and oxygen atoms in total. The molecule has 0 spiro atoms. The molecule has 1 aromatic heterocycles. The first-order valence-electron chi connectivity index (χ1n) is 22.0. The van der Waals surface area contributed by atoms with Crippen LogP contribution < -0.4 is 5.73 Å². The van der Waals surface area contributed by atoms with E-state index >= 15 is 0 Å². The van der Waals surface area contributed by atoms with Gasteiger partial charge in [-0.25, -0.2) is 4.57 Å². The van der Waals surface area contributed by atoms with Gasteiger partial charge < -0.3 is 34.7 Å². The standard InChI is InChI=1S/C45H78NO11P/c1-5-7-9-10-11-12-13-14-15-16-19-23-27-40(47)41(48)28-26-32-44(49)53-35-39(36-55-58(51,52)54-34-33-46)56-45(50)31-25-21-18-17-20-24-30-43-38(4)37(3)42(57-43)29-22-8-6-2/h11-12,14-15,19,23,39-41,47-48H,5-10,13,16-18,20-22,24-36,46H2,1-4H3,(H,51,52)/b12-11-,15-14-,23-19-/t39-,40?,41?/m1/s1. The average Bonchev–Trinajstić information content (AvgIpc) is 3.47. The number of aliphatic hydroxyl groups excluding tert-OH is 2. The molecule has 3 unspecified atom stereocenters. The number of hydrogen-bond donors (Lipinski definition) is 4. The minimum Gasteiger partial charge on any atom is -0.466 e. The van der Waals surface area contributed by atoms with E-state index in [1.165, 1.54) is 43.2 Å². The van der Waals surface area contributed by atoms with Crippen LogP contribution in [0.5, 0.6) is 0 Å². The highest BCUT2D eigenvalue weighted by Crippen LogP contribution is 2.43. The number of furan rings is 1. The Kier molecular flexibility index (Phi) is 31.5. The molecule has 4 atom stereocenters. The first-order chi connectivity index (χ1) is 27.9. The molecule has 0 aliphatic heterocycles. The van der Waals surface area contributed by atoms with Crippen molar-refractivity contribution in [3.8, 4) is 0 Å². The van der Waals surface area contributed by atoms with Crippen LogP contribution in [-0.4, -0.2) is 71.7 Å². The Bertz CT molecular complexity index is 1360. The van der Waals surface area contributed by atoms with Crippen LogP contribution in [-0.2, 0) is 45.5 Å². The van der Waals surface area contributed by atoms with E-state index in [0.29, 0.717) is 12.8 Å². The van der Waals surface area contributed by atoms with E-state index in [2.05, 4.69) is 52.0 Å². The van der Waals surface area contributed by atoms with Gasteiger partial charge in [0.25, 0.3) is 0 Å². The molecule has 0 amide bonds. The number of ether oxygens (including phenoxy) is 2. The molecule has 0 aliphatic rings. The van der Waals surface area contributed by atoms with Gasteiger partial charge in [0.1, 0.15) is 18.1 Å². The zero-order valence-electron chi connectivity index (χ0n) is 36.2. The number of carbonyl (C=O) groups excluding carboxylic acids is 2. The summed E-state index contributed by atoms with van der Waals surface area (Å²) >= 11 is 0. The first kappa shape index (κ1) is 53.4. The highest BCUT2D eigenvalue weighted by molar-refractivity contribution is 7.47. The minimum atomic E-state index is -4.46. The van der Waals surface area contributed by atoms with Crippen molar-refractivity contribution >= 4 is 19.8 Å². The molecule has 0 bridgehead atoms. The third-order valence-electron chi connectivity index (χ3n) is 9.93. The molecule has 1 rings (SSSR count). The van der Waals surface area contributed by atoms with E-state index in [4.69, 9.17) is 28.7 Å². The second kappa shape index (κ2) is 34.2. The van der Waals surface area contributed by atoms with Crippen molar-refractivity contribution in [2.45, 2.75) is 187 Å². The normalized spacial score (nSPS) is 14.7. The van der Waals surface area contributed by atoms with Gasteiger partial charge in [-0.05, 0) is 89.2 Å². The summed E-state index contributed by atoms with van der Waals surface area (Å²) in [5.74, 6) is 1.08. The second-order valence-corrected chi connectivity index (χ2v) is 16.6. The van der Waals surface area contributed by atoms with E-state index in [0.717, 1.165) is 82.1 Å². The lowest BCUT2D eigenvalue weighted by molar-refractivity contribution is -0.161. The van der Waals surface area contributed by atoms with Gasteiger partial charge in [-0.15, -0.1) is 0 Å². The predicted molar refractivity (Wildman–Crippen MR) is 230 cm³/mol. The Morgan fingerprint density at radius 1 is 0.707 bits per heavy atom. The quantitative estimate of drug-likeness (QED) is 0.0215. The lowest BCUT2D eigenvalue weighted by atomic mass is 10.0. The molecule has 0 fully saturated rings. The molecule has 334 valence electrons. The maximum atomic E-state index is 12.7. The van der Waals surface area contributed by atoms with E-state index in [9.17, 15) is 29.3 Å². The number of aliphatic hydroxyl groups is 2. The Labute approximate surface area is 349 Å². The number of carbonyl (C=O) groups is 2.